The summed E-state index contributed by atoms with van der Waals surface area (Å²) < 4.78 is 15.2. The summed E-state index contributed by atoms with van der Waals surface area (Å²) in [6, 6.07) is 3.40. The summed E-state index contributed by atoms with van der Waals surface area (Å²) >= 11 is 0. The normalized spacial score (nSPS) is 10.4. The van der Waals surface area contributed by atoms with Gasteiger partial charge in [-0.2, -0.15) is 0 Å². The maximum Gasteiger partial charge on any atom is 0.254 e. The Morgan fingerprint density at radius 1 is 1.53 bits per heavy atom. The molecule has 2 rings (SSSR count). The Morgan fingerprint density at radius 3 is 2.95 bits per heavy atom. The number of benzene rings is 1. The Kier molecular flexibility index (Phi) is 3.74. The fourth-order valence-electron chi connectivity index (χ4n) is 1.60. The number of aromatic hydroxyl groups is 1. The van der Waals surface area contributed by atoms with E-state index < -0.39 is 11.7 Å². The van der Waals surface area contributed by atoms with Gasteiger partial charge in [-0.15, -0.1) is 10.2 Å². The van der Waals surface area contributed by atoms with Crippen LogP contribution in [0.15, 0.2) is 24.5 Å². The van der Waals surface area contributed by atoms with Crippen LogP contribution < -0.4 is 5.32 Å². The van der Waals surface area contributed by atoms with Crippen molar-refractivity contribution in [2.45, 2.75) is 6.42 Å². The zero-order valence-corrected chi connectivity index (χ0v) is 10.3. The lowest BCUT2D eigenvalue weighted by molar-refractivity contribution is 0.0950. The van der Waals surface area contributed by atoms with Gasteiger partial charge < -0.3 is 15.0 Å². The molecule has 2 aromatic rings. The van der Waals surface area contributed by atoms with Gasteiger partial charge in [0.25, 0.3) is 5.91 Å². The van der Waals surface area contributed by atoms with E-state index in [1.807, 2.05) is 0 Å². The van der Waals surface area contributed by atoms with Gasteiger partial charge in [-0.1, -0.05) is 0 Å². The molecular formula is C12H13FN4O2. The topological polar surface area (TPSA) is 80.0 Å². The molecule has 0 radical (unpaired) electrons. The molecule has 0 atom stereocenters. The molecule has 6 nitrogen and oxygen atoms in total. The van der Waals surface area contributed by atoms with Crippen LogP contribution in [0.4, 0.5) is 4.39 Å². The van der Waals surface area contributed by atoms with Crippen molar-refractivity contribution < 1.29 is 14.3 Å². The number of carbonyl (C=O) groups is 1. The zero-order chi connectivity index (χ0) is 13.8. The second kappa shape index (κ2) is 5.47. The maximum atomic E-state index is 13.4. The van der Waals surface area contributed by atoms with E-state index >= 15 is 0 Å². The van der Waals surface area contributed by atoms with Crippen LogP contribution in [0.2, 0.25) is 0 Å². The second-order valence-corrected chi connectivity index (χ2v) is 4.03. The van der Waals surface area contributed by atoms with E-state index in [2.05, 4.69) is 15.5 Å². The van der Waals surface area contributed by atoms with E-state index in [4.69, 9.17) is 5.11 Å². The van der Waals surface area contributed by atoms with Crippen molar-refractivity contribution in [2.24, 2.45) is 7.05 Å². The van der Waals surface area contributed by atoms with E-state index in [0.29, 0.717) is 13.0 Å². The number of hydrogen-bond acceptors (Lipinski definition) is 4. The van der Waals surface area contributed by atoms with Crippen molar-refractivity contribution in [3.63, 3.8) is 0 Å². The lowest BCUT2D eigenvalue weighted by Crippen LogP contribution is -2.27. The van der Waals surface area contributed by atoms with Crippen LogP contribution in [0, 0.1) is 5.82 Å². The van der Waals surface area contributed by atoms with E-state index in [-0.39, 0.29) is 11.3 Å². The fraction of sp³-hybridized carbons (Fsp3) is 0.250. The van der Waals surface area contributed by atoms with E-state index in [9.17, 15) is 9.18 Å². The van der Waals surface area contributed by atoms with Crippen molar-refractivity contribution >= 4 is 5.91 Å². The molecule has 100 valence electrons. The van der Waals surface area contributed by atoms with Crippen LogP contribution in [0.5, 0.6) is 5.75 Å². The molecule has 1 aromatic heterocycles. The first-order chi connectivity index (χ1) is 9.08. The summed E-state index contributed by atoms with van der Waals surface area (Å²) in [4.78, 5) is 11.7. The second-order valence-electron chi connectivity index (χ2n) is 4.03. The van der Waals surface area contributed by atoms with Gasteiger partial charge in [0.1, 0.15) is 23.7 Å². The highest BCUT2D eigenvalue weighted by atomic mass is 19.1. The van der Waals surface area contributed by atoms with Gasteiger partial charge >= 0.3 is 0 Å². The Hall–Kier alpha value is -2.44. The standard InChI is InChI=1S/C12H13FN4O2/c1-17-7-15-16-11(17)4-5-14-12(19)9-3-2-8(18)6-10(9)13/h2-3,6-7,18H,4-5H2,1H3,(H,14,19). The van der Waals surface area contributed by atoms with Crippen LogP contribution in [0.3, 0.4) is 0 Å². The van der Waals surface area contributed by atoms with Crippen molar-refractivity contribution in [1.82, 2.24) is 20.1 Å². The third-order valence-corrected chi connectivity index (χ3v) is 2.64. The Balaban J connectivity index is 1.93. The highest BCUT2D eigenvalue weighted by molar-refractivity contribution is 5.94. The molecule has 2 N–H and O–H groups in total. The number of aromatic nitrogens is 3. The number of nitrogens with zero attached hydrogens (tertiary/aromatic N) is 3. The first kappa shape index (κ1) is 13.0. The number of hydrogen-bond donors (Lipinski definition) is 2. The summed E-state index contributed by atoms with van der Waals surface area (Å²) in [6.45, 7) is 0.325. The maximum absolute atomic E-state index is 13.4. The van der Waals surface area contributed by atoms with Crippen molar-refractivity contribution in [2.75, 3.05) is 6.54 Å². The molecule has 19 heavy (non-hydrogen) atoms. The molecular weight excluding hydrogens is 251 g/mol. The van der Waals surface area contributed by atoms with Crippen LogP contribution in [0.25, 0.3) is 0 Å². The molecule has 0 aliphatic heterocycles. The third-order valence-electron chi connectivity index (χ3n) is 2.64. The van der Waals surface area contributed by atoms with E-state index in [1.165, 1.54) is 12.1 Å². The van der Waals surface area contributed by atoms with Gasteiger partial charge in [0, 0.05) is 26.1 Å². The molecule has 0 aliphatic carbocycles. The first-order valence-corrected chi connectivity index (χ1v) is 5.67. The molecule has 0 unspecified atom stereocenters. The first-order valence-electron chi connectivity index (χ1n) is 5.67. The summed E-state index contributed by atoms with van der Waals surface area (Å²) in [5.41, 5.74) is -0.101. The van der Waals surface area contributed by atoms with E-state index in [1.54, 1.807) is 17.9 Å². The van der Waals surface area contributed by atoms with Gasteiger partial charge in [-0.05, 0) is 12.1 Å². The fourth-order valence-corrected chi connectivity index (χ4v) is 1.60. The minimum absolute atomic E-state index is 0.101. The molecule has 0 saturated carbocycles. The van der Waals surface area contributed by atoms with Gasteiger partial charge in [0.2, 0.25) is 0 Å². The molecule has 1 heterocycles. The lowest BCUT2D eigenvalue weighted by Gasteiger charge is -2.06. The molecule has 0 aliphatic rings. The molecule has 7 heteroatoms. The number of carbonyl (C=O) groups excluding carboxylic acids is 1. The van der Waals surface area contributed by atoms with Crippen LogP contribution in [0.1, 0.15) is 16.2 Å². The van der Waals surface area contributed by atoms with Crippen molar-refractivity contribution in [3.8, 4) is 5.75 Å². The number of phenols is 1. The number of halogens is 1. The minimum atomic E-state index is -0.754. The smallest absolute Gasteiger partial charge is 0.254 e. The highest BCUT2D eigenvalue weighted by Crippen LogP contribution is 2.14. The summed E-state index contributed by atoms with van der Waals surface area (Å²) in [6.07, 6.45) is 2.07. The molecule has 0 fully saturated rings. The largest absolute Gasteiger partial charge is 0.508 e. The minimum Gasteiger partial charge on any atom is -0.508 e. The summed E-state index contributed by atoms with van der Waals surface area (Å²) in [5.74, 6) is -0.768. The van der Waals surface area contributed by atoms with Crippen molar-refractivity contribution in [3.05, 3.63) is 41.7 Å². The number of rotatable bonds is 4. The van der Waals surface area contributed by atoms with E-state index in [0.717, 1.165) is 11.9 Å². The molecule has 1 aromatic carbocycles. The number of amides is 1. The average Bonchev–Trinajstić information content (AvgIpc) is 2.75. The monoisotopic (exact) mass is 264 g/mol. The van der Waals surface area contributed by atoms with Crippen molar-refractivity contribution in [1.29, 1.82) is 0 Å². The molecule has 0 spiro atoms. The summed E-state index contributed by atoms with van der Waals surface area (Å²) in [5, 5.41) is 19.2. The van der Waals surface area contributed by atoms with Crippen LogP contribution in [-0.2, 0) is 13.5 Å². The third kappa shape index (κ3) is 3.06. The quantitative estimate of drug-likeness (QED) is 0.849. The SMILES string of the molecule is Cn1cnnc1CCNC(=O)c1ccc(O)cc1F. The van der Waals surface area contributed by atoms with Gasteiger partial charge in [0.05, 0.1) is 5.56 Å². The predicted octanol–water partition coefficient (Wildman–Crippen LogP) is 0.632. The highest BCUT2D eigenvalue weighted by Gasteiger charge is 2.12. The average molecular weight is 264 g/mol. The molecule has 0 bridgehead atoms. The Bertz CT molecular complexity index is 597. The number of phenolic OH excluding ortho intramolecular Hbond substituents is 1. The Labute approximate surface area is 108 Å². The number of nitrogens with one attached hydrogen (secondary N) is 1. The zero-order valence-electron chi connectivity index (χ0n) is 10.3. The molecule has 0 saturated heterocycles. The Morgan fingerprint density at radius 2 is 2.32 bits per heavy atom. The molecule has 1 amide bonds. The van der Waals surface area contributed by atoms with Gasteiger partial charge in [-0.3, -0.25) is 4.79 Å². The predicted molar refractivity (Wildman–Crippen MR) is 65.1 cm³/mol. The van der Waals surface area contributed by atoms with Gasteiger partial charge in [-0.25, -0.2) is 4.39 Å². The lowest BCUT2D eigenvalue weighted by atomic mass is 10.2. The van der Waals surface area contributed by atoms with Gasteiger partial charge in [0.15, 0.2) is 0 Å². The summed E-state index contributed by atoms with van der Waals surface area (Å²) in [7, 11) is 1.80. The number of aryl methyl sites for hydroxylation is 1. The van der Waals surface area contributed by atoms with Crippen LogP contribution in [-0.4, -0.2) is 32.3 Å². The van der Waals surface area contributed by atoms with Crippen LogP contribution >= 0.6 is 0 Å².